The van der Waals surface area contributed by atoms with Gasteiger partial charge in [-0.25, -0.2) is 36.1 Å². The standard InChI is InChI=1S/C32H25F6N3O5/c1-6-11-40(13-16-7-9-19-18(12-16)29(42)41(15(2)39-19)14-46-31(45)32(3,4)5)20-10-8-17(30(43)44)21(23(20)33)22-24(34)26(36)28(38)27(37)25(22)35/h1,7-10,12H,11,13-14H2,2-5H3,(H,43,44). The van der Waals surface area contributed by atoms with E-state index in [-0.39, 0.29) is 29.8 Å². The maximum absolute atomic E-state index is 16.1. The molecule has 0 aliphatic heterocycles. The molecule has 4 rings (SSSR count). The Morgan fingerprint density at radius 3 is 2.13 bits per heavy atom. The number of carbonyl (C=O) groups is 2. The predicted octanol–water partition coefficient (Wildman–Crippen LogP) is 6.09. The van der Waals surface area contributed by atoms with Crippen LogP contribution in [0.15, 0.2) is 35.1 Å². The number of nitrogens with zero attached hydrogens (tertiary/aromatic N) is 3. The smallest absolute Gasteiger partial charge is 0.336 e. The van der Waals surface area contributed by atoms with E-state index in [0.717, 1.165) is 21.6 Å². The summed E-state index contributed by atoms with van der Waals surface area (Å²) in [5.41, 5.74) is -5.55. The van der Waals surface area contributed by atoms with Gasteiger partial charge in [0.1, 0.15) is 5.82 Å². The van der Waals surface area contributed by atoms with E-state index in [2.05, 4.69) is 10.9 Å². The zero-order valence-electron chi connectivity index (χ0n) is 24.8. The highest BCUT2D eigenvalue weighted by Crippen LogP contribution is 2.39. The Labute approximate surface area is 257 Å². The number of anilines is 1. The van der Waals surface area contributed by atoms with Crippen molar-refractivity contribution in [1.29, 1.82) is 0 Å². The van der Waals surface area contributed by atoms with Crippen LogP contribution < -0.4 is 10.5 Å². The van der Waals surface area contributed by atoms with Gasteiger partial charge < -0.3 is 14.7 Å². The normalized spacial score (nSPS) is 11.4. The molecule has 0 atom stereocenters. The molecule has 0 fully saturated rings. The van der Waals surface area contributed by atoms with E-state index in [1.54, 1.807) is 27.7 Å². The van der Waals surface area contributed by atoms with Crippen molar-refractivity contribution in [3.8, 4) is 23.5 Å². The van der Waals surface area contributed by atoms with Crippen LogP contribution in [0.1, 0.15) is 42.5 Å². The van der Waals surface area contributed by atoms with Gasteiger partial charge in [0, 0.05) is 12.1 Å². The van der Waals surface area contributed by atoms with Crippen molar-refractivity contribution in [3.05, 3.63) is 92.5 Å². The lowest BCUT2D eigenvalue weighted by atomic mass is 9.96. The van der Waals surface area contributed by atoms with Crippen molar-refractivity contribution < 1.29 is 45.8 Å². The van der Waals surface area contributed by atoms with Crippen LogP contribution in [0.3, 0.4) is 0 Å². The van der Waals surface area contributed by atoms with Gasteiger partial charge in [-0.15, -0.1) is 6.42 Å². The van der Waals surface area contributed by atoms with Crippen LogP contribution >= 0.6 is 0 Å². The molecule has 1 aromatic heterocycles. The number of terminal acetylenes is 1. The van der Waals surface area contributed by atoms with Crippen molar-refractivity contribution in [2.75, 3.05) is 11.4 Å². The minimum Gasteiger partial charge on any atom is -0.478 e. The van der Waals surface area contributed by atoms with Crippen molar-refractivity contribution >= 4 is 28.5 Å². The zero-order chi connectivity index (χ0) is 34.2. The number of aryl methyl sites for hydroxylation is 1. The lowest BCUT2D eigenvalue weighted by molar-refractivity contribution is -0.157. The van der Waals surface area contributed by atoms with Crippen molar-refractivity contribution in [3.63, 3.8) is 0 Å². The van der Waals surface area contributed by atoms with Crippen LogP contribution in [-0.4, -0.2) is 33.1 Å². The number of aromatic nitrogens is 2. The number of fused-ring (bicyclic) bond motifs is 1. The van der Waals surface area contributed by atoms with Gasteiger partial charge >= 0.3 is 11.9 Å². The summed E-state index contributed by atoms with van der Waals surface area (Å²) >= 11 is 0. The number of halogens is 6. The van der Waals surface area contributed by atoms with Crippen LogP contribution in [0.25, 0.3) is 22.0 Å². The monoisotopic (exact) mass is 645 g/mol. The molecule has 0 spiro atoms. The number of hydrogen-bond acceptors (Lipinski definition) is 6. The first-order chi connectivity index (χ1) is 21.5. The quantitative estimate of drug-likeness (QED) is 0.0814. The summed E-state index contributed by atoms with van der Waals surface area (Å²) in [5.74, 6) is -13.7. The number of benzene rings is 3. The Balaban J connectivity index is 1.82. The average Bonchev–Trinajstić information content (AvgIpc) is 2.99. The molecule has 46 heavy (non-hydrogen) atoms. The van der Waals surface area contributed by atoms with E-state index in [1.807, 2.05) is 0 Å². The maximum atomic E-state index is 16.1. The molecule has 0 amide bonds. The number of hydrogen-bond donors (Lipinski definition) is 1. The van der Waals surface area contributed by atoms with Gasteiger partial charge in [0.15, 0.2) is 35.8 Å². The van der Waals surface area contributed by atoms with E-state index in [4.69, 9.17) is 11.2 Å². The molecule has 4 aromatic rings. The molecular weight excluding hydrogens is 620 g/mol. The summed E-state index contributed by atoms with van der Waals surface area (Å²) < 4.78 is 93.8. The number of rotatable bonds is 8. The largest absolute Gasteiger partial charge is 0.478 e. The van der Waals surface area contributed by atoms with E-state index >= 15 is 4.39 Å². The number of carboxylic acids is 1. The summed E-state index contributed by atoms with van der Waals surface area (Å²) in [5, 5.41) is 9.67. The van der Waals surface area contributed by atoms with Crippen molar-refractivity contribution in [1.82, 2.24) is 9.55 Å². The minimum absolute atomic E-state index is 0.0827. The van der Waals surface area contributed by atoms with Gasteiger partial charge in [-0.1, -0.05) is 12.0 Å². The molecule has 1 N–H and O–H groups in total. The van der Waals surface area contributed by atoms with Crippen molar-refractivity contribution in [2.24, 2.45) is 5.41 Å². The third-order valence-corrected chi connectivity index (χ3v) is 6.95. The molecule has 8 nitrogen and oxygen atoms in total. The van der Waals surface area contributed by atoms with Gasteiger partial charge in [-0.3, -0.25) is 14.2 Å². The predicted molar refractivity (Wildman–Crippen MR) is 155 cm³/mol. The Bertz CT molecular complexity index is 1980. The highest BCUT2D eigenvalue weighted by atomic mass is 19.2. The molecular formula is C32H25F6N3O5. The number of carboxylic acid groups (broad SMARTS) is 1. The highest BCUT2D eigenvalue weighted by molar-refractivity contribution is 5.97. The number of carbonyl (C=O) groups excluding carboxylic acids is 1. The second-order valence-corrected chi connectivity index (χ2v) is 11.2. The lowest BCUT2D eigenvalue weighted by Crippen LogP contribution is -2.30. The zero-order valence-corrected chi connectivity index (χ0v) is 24.8. The number of esters is 1. The molecule has 0 aliphatic carbocycles. The Morgan fingerprint density at radius 2 is 1.57 bits per heavy atom. The summed E-state index contributed by atoms with van der Waals surface area (Å²) in [6.45, 7) is 5.40. The van der Waals surface area contributed by atoms with Gasteiger partial charge in [-0.2, -0.15) is 0 Å². The van der Waals surface area contributed by atoms with Crippen LogP contribution in [0.4, 0.5) is 32.0 Å². The Morgan fingerprint density at radius 1 is 0.957 bits per heavy atom. The molecule has 3 aromatic carbocycles. The summed E-state index contributed by atoms with van der Waals surface area (Å²) in [6.07, 6.45) is 5.47. The fraction of sp³-hybridized carbons (Fsp3) is 0.250. The first-order valence-corrected chi connectivity index (χ1v) is 13.4. The summed E-state index contributed by atoms with van der Waals surface area (Å²) in [7, 11) is 0. The second kappa shape index (κ2) is 12.6. The molecule has 0 aliphatic rings. The highest BCUT2D eigenvalue weighted by Gasteiger charge is 2.32. The topological polar surface area (TPSA) is 102 Å². The molecule has 1 heterocycles. The Kier molecular flexibility index (Phi) is 9.19. The lowest BCUT2D eigenvalue weighted by Gasteiger charge is -2.25. The van der Waals surface area contributed by atoms with Gasteiger partial charge in [0.05, 0.1) is 39.7 Å². The van der Waals surface area contributed by atoms with Gasteiger partial charge in [-0.05, 0) is 57.5 Å². The molecule has 0 saturated carbocycles. The van der Waals surface area contributed by atoms with Crippen LogP contribution in [-0.2, 0) is 22.8 Å². The first kappa shape index (κ1) is 33.6. The van der Waals surface area contributed by atoms with E-state index in [0.29, 0.717) is 5.56 Å². The van der Waals surface area contributed by atoms with E-state index < -0.39 is 86.9 Å². The van der Waals surface area contributed by atoms with Crippen LogP contribution in [0.5, 0.6) is 0 Å². The molecule has 0 radical (unpaired) electrons. The summed E-state index contributed by atoms with van der Waals surface area (Å²) in [6, 6.07) is 6.08. The van der Waals surface area contributed by atoms with Gasteiger partial charge in [0.2, 0.25) is 5.82 Å². The minimum atomic E-state index is -2.51. The van der Waals surface area contributed by atoms with Crippen molar-refractivity contribution in [2.45, 2.75) is 41.0 Å². The fourth-order valence-corrected chi connectivity index (χ4v) is 4.58. The third-order valence-electron chi connectivity index (χ3n) is 6.95. The van der Waals surface area contributed by atoms with E-state index in [9.17, 15) is 41.4 Å². The molecule has 0 unspecified atom stereocenters. The molecule has 0 saturated heterocycles. The Hall–Kier alpha value is -5.32. The molecule has 0 bridgehead atoms. The van der Waals surface area contributed by atoms with Crippen LogP contribution in [0, 0.1) is 59.6 Å². The fourth-order valence-electron chi connectivity index (χ4n) is 4.58. The number of ether oxygens (including phenoxy) is 1. The maximum Gasteiger partial charge on any atom is 0.336 e. The third kappa shape index (κ3) is 6.13. The first-order valence-electron chi connectivity index (χ1n) is 13.4. The van der Waals surface area contributed by atoms with Gasteiger partial charge in [0.25, 0.3) is 5.56 Å². The second-order valence-electron chi connectivity index (χ2n) is 11.2. The summed E-state index contributed by atoms with van der Waals surface area (Å²) in [4.78, 5) is 43.0. The van der Waals surface area contributed by atoms with E-state index in [1.165, 1.54) is 18.2 Å². The molecule has 240 valence electrons. The molecule has 14 heteroatoms. The SMILES string of the molecule is C#CCN(Cc1ccc2nc(C)n(COC(=O)C(C)(C)C)c(=O)c2c1)c1ccc(C(=O)O)c(-c2c(F)c(F)c(F)c(F)c2F)c1F. The number of aromatic carboxylic acids is 1. The average molecular weight is 646 g/mol. The van der Waals surface area contributed by atoms with Crippen LogP contribution in [0.2, 0.25) is 0 Å².